The molecule has 0 saturated carbocycles. The molecule has 1 unspecified atom stereocenters. The molecule has 1 aromatic carbocycles. The molecule has 2 rings (SSSR count). The number of hydrogen-bond acceptors (Lipinski definition) is 2. The van der Waals surface area contributed by atoms with Gasteiger partial charge in [0.1, 0.15) is 0 Å². The third-order valence-electron chi connectivity index (χ3n) is 2.80. The molecule has 2 N–H and O–H groups in total. The van der Waals surface area contributed by atoms with Gasteiger partial charge < -0.3 is 10.4 Å². The molecule has 0 amide bonds. The third-order valence-corrected chi connectivity index (χ3v) is 2.80. The molecule has 1 aromatic rings. The van der Waals surface area contributed by atoms with E-state index in [2.05, 4.69) is 23.5 Å². The van der Waals surface area contributed by atoms with Crippen LogP contribution in [0.2, 0.25) is 0 Å². The second-order valence-corrected chi connectivity index (χ2v) is 3.57. The summed E-state index contributed by atoms with van der Waals surface area (Å²) in [5.41, 5.74) is 2.62. The molecule has 13 heavy (non-hydrogen) atoms. The van der Waals surface area contributed by atoms with E-state index in [1.165, 1.54) is 11.1 Å². The number of aliphatic hydroxyl groups is 1. The predicted molar refractivity (Wildman–Crippen MR) is 52.6 cm³/mol. The van der Waals surface area contributed by atoms with Gasteiger partial charge in [0.2, 0.25) is 0 Å². The van der Waals surface area contributed by atoms with E-state index in [1.54, 1.807) is 0 Å². The van der Waals surface area contributed by atoms with Crippen LogP contribution in [-0.4, -0.2) is 18.3 Å². The first-order valence-corrected chi connectivity index (χ1v) is 4.76. The third kappa shape index (κ3) is 1.47. The van der Waals surface area contributed by atoms with Gasteiger partial charge in [-0.2, -0.15) is 0 Å². The van der Waals surface area contributed by atoms with Crippen LogP contribution in [0.15, 0.2) is 24.3 Å². The Morgan fingerprint density at radius 3 is 2.92 bits per heavy atom. The summed E-state index contributed by atoms with van der Waals surface area (Å²) >= 11 is 0. The van der Waals surface area contributed by atoms with Gasteiger partial charge >= 0.3 is 0 Å². The molecule has 0 saturated heterocycles. The molecule has 2 heteroatoms. The highest BCUT2D eigenvalue weighted by atomic mass is 16.3. The summed E-state index contributed by atoms with van der Waals surface area (Å²) in [5, 5.41) is 12.9. The van der Waals surface area contributed by atoms with Crippen LogP contribution in [0.5, 0.6) is 0 Å². The topological polar surface area (TPSA) is 32.3 Å². The number of hydrogen-bond donors (Lipinski definition) is 2. The quantitative estimate of drug-likeness (QED) is 0.676. The number of nitrogens with one attached hydrogen (secondary N) is 1. The summed E-state index contributed by atoms with van der Waals surface area (Å²) in [6, 6.07) is 8.44. The van der Waals surface area contributed by atoms with Crippen molar-refractivity contribution >= 4 is 0 Å². The summed E-state index contributed by atoms with van der Waals surface area (Å²) in [4.78, 5) is 0. The summed E-state index contributed by atoms with van der Waals surface area (Å²) in [5.74, 6) is 0. The van der Waals surface area contributed by atoms with Gasteiger partial charge in [0, 0.05) is 0 Å². The smallest absolute Gasteiger partial charge is 0.0738 e. The van der Waals surface area contributed by atoms with Crippen molar-refractivity contribution in [3.8, 4) is 0 Å². The molecule has 2 nitrogen and oxygen atoms in total. The van der Waals surface area contributed by atoms with Gasteiger partial charge in [0.25, 0.3) is 0 Å². The number of benzene rings is 1. The number of aryl methyl sites for hydroxylation is 1. The lowest BCUT2D eigenvalue weighted by Crippen LogP contribution is -2.33. The lowest BCUT2D eigenvalue weighted by atomic mass is 9.86. The second kappa shape index (κ2) is 3.48. The monoisotopic (exact) mass is 177 g/mol. The van der Waals surface area contributed by atoms with E-state index in [-0.39, 0.29) is 12.1 Å². The molecule has 0 bridgehead atoms. The molecule has 1 aliphatic carbocycles. The molecular weight excluding hydrogens is 162 g/mol. The zero-order chi connectivity index (χ0) is 9.26. The number of aliphatic hydroxyl groups excluding tert-OH is 1. The van der Waals surface area contributed by atoms with Crippen LogP contribution in [0.3, 0.4) is 0 Å². The van der Waals surface area contributed by atoms with Crippen molar-refractivity contribution in [3.63, 3.8) is 0 Å². The van der Waals surface area contributed by atoms with Crippen molar-refractivity contribution in [3.05, 3.63) is 35.4 Å². The highest BCUT2D eigenvalue weighted by Crippen LogP contribution is 2.29. The van der Waals surface area contributed by atoms with Crippen LogP contribution in [-0.2, 0) is 6.42 Å². The van der Waals surface area contributed by atoms with Crippen LogP contribution in [0, 0.1) is 0 Å². The molecule has 0 spiro atoms. The van der Waals surface area contributed by atoms with E-state index in [1.807, 2.05) is 13.1 Å². The van der Waals surface area contributed by atoms with E-state index in [4.69, 9.17) is 0 Å². The highest BCUT2D eigenvalue weighted by molar-refractivity contribution is 5.33. The van der Waals surface area contributed by atoms with Gasteiger partial charge in [0.15, 0.2) is 0 Å². The minimum absolute atomic E-state index is 0.116. The van der Waals surface area contributed by atoms with Gasteiger partial charge in [-0.3, -0.25) is 0 Å². The van der Waals surface area contributed by atoms with Gasteiger partial charge in [-0.1, -0.05) is 24.3 Å². The molecule has 1 aliphatic rings. The van der Waals surface area contributed by atoms with Gasteiger partial charge in [-0.15, -0.1) is 0 Å². The van der Waals surface area contributed by atoms with Crippen molar-refractivity contribution in [1.29, 1.82) is 0 Å². The summed E-state index contributed by atoms with van der Waals surface area (Å²) in [6.45, 7) is 0. The number of likely N-dealkylation sites (N-methyl/N-ethyl adjacent to an activating group) is 1. The Morgan fingerprint density at radius 1 is 1.38 bits per heavy atom. The average molecular weight is 177 g/mol. The van der Waals surface area contributed by atoms with Crippen molar-refractivity contribution in [1.82, 2.24) is 5.32 Å². The Kier molecular flexibility index (Phi) is 2.34. The molecule has 2 atom stereocenters. The molecule has 0 heterocycles. The van der Waals surface area contributed by atoms with E-state index in [0.717, 1.165) is 12.8 Å². The normalized spacial score (nSPS) is 26.9. The molecule has 0 aliphatic heterocycles. The minimum Gasteiger partial charge on any atom is -0.391 e. The Hall–Kier alpha value is -0.860. The lowest BCUT2D eigenvalue weighted by molar-refractivity contribution is 0.114. The van der Waals surface area contributed by atoms with Crippen LogP contribution < -0.4 is 5.32 Å². The highest BCUT2D eigenvalue weighted by Gasteiger charge is 2.25. The fourth-order valence-electron chi connectivity index (χ4n) is 2.09. The summed E-state index contributed by atoms with van der Waals surface area (Å²) in [6.07, 6.45) is 1.62. The van der Waals surface area contributed by atoms with Gasteiger partial charge in [-0.05, 0) is 31.0 Å². The standard InChI is InChI=1S/C11H15NO/c1-12-11-9-5-3-2-4-8(9)6-7-10(11)13/h2-5,10-13H,6-7H2,1H3/t10-,11?/m1/s1. The largest absolute Gasteiger partial charge is 0.391 e. The second-order valence-electron chi connectivity index (χ2n) is 3.57. The van der Waals surface area contributed by atoms with Gasteiger partial charge in [-0.25, -0.2) is 0 Å². The Morgan fingerprint density at radius 2 is 2.15 bits per heavy atom. The first-order valence-electron chi connectivity index (χ1n) is 4.76. The van der Waals surface area contributed by atoms with E-state index in [0.29, 0.717) is 0 Å². The first kappa shape index (κ1) is 8.73. The van der Waals surface area contributed by atoms with Crippen molar-refractivity contribution < 1.29 is 5.11 Å². The SMILES string of the molecule is CNC1c2ccccc2CC[C@H]1O. The maximum atomic E-state index is 9.75. The maximum Gasteiger partial charge on any atom is 0.0738 e. The van der Waals surface area contributed by atoms with Crippen molar-refractivity contribution in [2.75, 3.05) is 7.05 Å². The molecule has 0 fully saturated rings. The maximum absolute atomic E-state index is 9.75. The fraction of sp³-hybridized carbons (Fsp3) is 0.455. The Bertz CT molecular complexity index is 298. The van der Waals surface area contributed by atoms with Crippen LogP contribution >= 0.6 is 0 Å². The summed E-state index contributed by atoms with van der Waals surface area (Å²) < 4.78 is 0. The molecule has 0 radical (unpaired) electrons. The van der Waals surface area contributed by atoms with E-state index >= 15 is 0 Å². The summed E-state index contributed by atoms with van der Waals surface area (Å²) in [7, 11) is 1.90. The molecule has 0 aromatic heterocycles. The Labute approximate surface area is 78.6 Å². The van der Waals surface area contributed by atoms with Crippen LogP contribution in [0.25, 0.3) is 0 Å². The number of fused-ring (bicyclic) bond motifs is 1. The van der Waals surface area contributed by atoms with Gasteiger partial charge in [0.05, 0.1) is 12.1 Å². The fourth-order valence-corrected chi connectivity index (χ4v) is 2.09. The molecule has 70 valence electrons. The zero-order valence-electron chi connectivity index (χ0n) is 7.83. The predicted octanol–water partition coefficient (Wildman–Crippen LogP) is 1.25. The average Bonchev–Trinajstić information content (AvgIpc) is 2.18. The lowest BCUT2D eigenvalue weighted by Gasteiger charge is -2.29. The van der Waals surface area contributed by atoms with Crippen LogP contribution in [0.1, 0.15) is 23.6 Å². The van der Waals surface area contributed by atoms with Crippen LogP contribution in [0.4, 0.5) is 0 Å². The molecular formula is C11H15NO. The first-order chi connectivity index (χ1) is 6.33. The van der Waals surface area contributed by atoms with E-state index in [9.17, 15) is 5.11 Å². The van der Waals surface area contributed by atoms with Crippen molar-refractivity contribution in [2.24, 2.45) is 0 Å². The van der Waals surface area contributed by atoms with E-state index < -0.39 is 0 Å². The number of rotatable bonds is 1. The van der Waals surface area contributed by atoms with Crippen molar-refractivity contribution in [2.45, 2.75) is 25.0 Å². The zero-order valence-corrected chi connectivity index (χ0v) is 7.83. The Balaban J connectivity index is 2.39. The minimum atomic E-state index is -0.236.